The number of hydrogen-bond acceptors (Lipinski definition) is 5. The Bertz CT molecular complexity index is 751. The molecule has 0 spiro atoms. The van der Waals surface area contributed by atoms with Gasteiger partial charge in [0.2, 0.25) is 0 Å². The molecule has 0 aliphatic carbocycles. The number of nitrogens with zero attached hydrogens (tertiary/aromatic N) is 2. The Morgan fingerprint density at radius 1 is 0.913 bits per heavy atom. The highest BCUT2D eigenvalue weighted by Gasteiger charge is 2.16. The molecule has 0 aliphatic heterocycles. The minimum absolute atomic E-state index is 0.365. The van der Waals surface area contributed by atoms with Gasteiger partial charge in [0, 0.05) is 4.90 Å². The summed E-state index contributed by atoms with van der Waals surface area (Å²) in [5, 5.41) is 18.5. The highest BCUT2D eigenvalue weighted by molar-refractivity contribution is 7.99. The van der Waals surface area contributed by atoms with Crippen LogP contribution in [0.3, 0.4) is 0 Å². The molecule has 0 heterocycles. The van der Waals surface area contributed by atoms with E-state index in [1.165, 1.54) is 11.8 Å². The standard InChI is InChI=1S/C18H16N2O2S/c1-3-21-15-8-6-9-16(22-4-2)18(15)23-17-10-5-7-13(11-19)14(17)12-20/h5-10H,3-4H2,1-2H3. The normalized spacial score (nSPS) is 9.74. The summed E-state index contributed by atoms with van der Waals surface area (Å²) >= 11 is 1.38. The lowest BCUT2D eigenvalue weighted by atomic mass is 10.1. The minimum Gasteiger partial charge on any atom is -0.493 e. The van der Waals surface area contributed by atoms with Crippen molar-refractivity contribution in [3.05, 3.63) is 47.5 Å². The third kappa shape index (κ3) is 3.77. The molecule has 0 bridgehead atoms. The Balaban J connectivity index is 2.52. The molecular formula is C18H16N2O2S. The molecule has 0 radical (unpaired) electrons. The maximum atomic E-state index is 9.38. The topological polar surface area (TPSA) is 66.0 Å². The van der Waals surface area contributed by atoms with Crippen LogP contribution in [0.2, 0.25) is 0 Å². The Labute approximate surface area is 140 Å². The molecule has 116 valence electrons. The van der Waals surface area contributed by atoms with Crippen LogP contribution < -0.4 is 9.47 Å². The van der Waals surface area contributed by atoms with E-state index < -0.39 is 0 Å². The minimum atomic E-state index is 0.365. The molecule has 2 aromatic rings. The molecule has 0 saturated carbocycles. The molecule has 23 heavy (non-hydrogen) atoms. The zero-order valence-electron chi connectivity index (χ0n) is 13.0. The first-order valence-electron chi connectivity index (χ1n) is 7.24. The zero-order chi connectivity index (χ0) is 16.7. The van der Waals surface area contributed by atoms with E-state index in [-0.39, 0.29) is 0 Å². The van der Waals surface area contributed by atoms with Gasteiger partial charge in [-0.15, -0.1) is 0 Å². The fourth-order valence-electron chi connectivity index (χ4n) is 2.07. The van der Waals surface area contributed by atoms with Crippen LogP contribution in [0.5, 0.6) is 11.5 Å². The average molecular weight is 324 g/mol. The molecule has 0 amide bonds. The second kappa shape index (κ2) is 8.12. The van der Waals surface area contributed by atoms with Crippen molar-refractivity contribution in [3.63, 3.8) is 0 Å². The van der Waals surface area contributed by atoms with Gasteiger partial charge in [0.05, 0.1) is 29.2 Å². The van der Waals surface area contributed by atoms with Gasteiger partial charge in [-0.2, -0.15) is 10.5 Å². The third-order valence-electron chi connectivity index (χ3n) is 3.01. The van der Waals surface area contributed by atoms with E-state index in [1.54, 1.807) is 12.1 Å². The highest BCUT2D eigenvalue weighted by Crippen LogP contribution is 2.43. The van der Waals surface area contributed by atoms with Crippen LogP contribution in [0.15, 0.2) is 46.2 Å². The SMILES string of the molecule is CCOc1cccc(OCC)c1Sc1cccc(C#N)c1C#N. The summed E-state index contributed by atoms with van der Waals surface area (Å²) in [6.45, 7) is 4.90. The van der Waals surface area contributed by atoms with Gasteiger partial charge in [-0.1, -0.05) is 23.9 Å². The van der Waals surface area contributed by atoms with E-state index >= 15 is 0 Å². The van der Waals surface area contributed by atoms with Crippen LogP contribution in [-0.2, 0) is 0 Å². The van der Waals surface area contributed by atoms with E-state index in [1.807, 2.05) is 38.1 Å². The molecule has 2 rings (SSSR count). The number of ether oxygens (including phenoxy) is 2. The van der Waals surface area contributed by atoms with Crippen LogP contribution in [-0.4, -0.2) is 13.2 Å². The van der Waals surface area contributed by atoms with E-state index in [9.17, 15) is 5.26 Å². The van der Waals surface area contributed by atoms with Crippen molar-refractivity contribution in [2.75, 3.05) is 13.2 Å². The van der Waals surface area contributed by atoms with Gasteiger partial charge in [0.15, 0.2) is 0 Å². The van der Waals surface area contributed by atoms with Crippen molar-refractivity contribution in [2.24, 2.45) is 0 Å². The maximum Gasteiger partial charge on any atom is 0.136 e. The molecule has 2 aromatic carbocycles. The van der Waals surface area contributed by atoms with Crippen molar-refractivity contribution in [1.29, 1.82) is 10.5 Å². The molecular weight excluding hydrogens is 308 g/mol. The monoisotopic (exact) mass is 324 g/mol. The van der Waals surface area contributed by atoms with Crippen LogP contribution in [0, 0.1) is 22.7 Å². The zero-order valence-corrected chi connectivity index (χ0v) is 13.8. The second-order valence-electron chi connectivity index (χ2n) is 4.45. The third-order valence-corrected chi connectivity index (χ3v) is 4.18. The van der Waals surface area contributed by atoms with Crippen molar-refractivity contribution < 1.29 is 9.47 Å². The number of rotatable bonds is 6. The molecule has 0 aromatic heterocycles. The van der Waals surface area contributed by atoms with Crippen molar-refractivity contribution in [3.8, 4) is 23.6 Å². The van der Waals surface area contributed by atoms with Gasteiger partial charge in [0.25, 0.3) is 0 Å². The molecule has 4 nitrogen and oxygen atoms in total. The molecule has 0 unspecified atom stereocenters. The van der Waals surface area contributed by atoms with E-state index in [0.29, 0.717) is 40.7 Å². The first-order chi connectivity index (χ1) is 11.2. The van der Waals surface area contributed by atoms with Gasteiger partial charge in [-0.05, 0) is 38.1 Å². The van der Waals surface area contributed by atoms with Crippen LogP contribution >= 0.6 is 11.8 Å². The van der Waals surface area contributed by atoms with Gasteiger partial charge >= 0.3 is 0 Å². The lowest BCUT2D eigenvalue weighted by Crippen LogP contribution is -1.98. The lowest BCUT2D eigenvalue weighted by molar-refractivity contribution is 0.308. The van der Waals surface area contributed by atoms with E-state index in [0.717, 1.165) is 4.90 Å². The van der Waals surface area contributed by atoms with Gasteiger partial charge in [-0.25, -0.2) is 0 Å². The summed E-state index contributed by atoms with van der Waals surface area (Å²) in [5.41, 5.74) is 0.734. The Morgan fingerprint density at radius 3 is 2.04 bits per heavy atom. The lowest BCUT2D eigenvalue weighted by Gasteiger charge is -2.15. The van der Waals surface area contributed by atoms with Gasteiger partial charge in [0.1, 0.15) is 23.6 Å². The molecule has 0 N–H and O–H groups in total. The summed E-state index contributed by atoms with van der Waals surface area (Å²) in [5.74, 6) is 1.41. The fraction of sp³-hybridized carbons (Fsp3) is 0.222. The van der Waals surface area contributed by atoms with Crippen molar-refractivity contribution in [2.45, 2.75) is 23.6 Å². The van der Waals surface area contributed by atoms with Gasteiger partial charge < -0.3 is 9.47 Å². The summed E-state index contributed by atoms with van der Waals surface area (Å²) < 4.78 is 11.4. The first-order valence-corrected chi connectivity index (χ1v) is 8.06. The van der Waals surface area contributed by atoms with Crippen LogP contribution in [0.4, 0.5) is 0 Å². The highest BCUT2D eigenvalue weighted by atomic mass is 32.2. The quantitative estimate of drug-likeness (QED) is 0.789. The summed E-state index contributed by atoms with van der Waals surface area (Å²) in [6, 6.07) is 15.0. The van der Waals surface area contributed by atoms with Crippen molar-refractivity contribution in [1.82, 2.24) is 0 Å². The Kier molecular flexibility index (Phi) is 5.91. The first kappa shape index (κ1) is 16.7. The fourth-order valence-corrected chi connectivity index (χ4v) is 3.15. The largest absolute Gasteiger partial charge is 0.493 e. The molecule has 0 aliphatic rings. The number of nitriles is 2. The van der Waals surface area contributed by atoms with Crippen LogP contribution in [0.1, 0.15) is 25.0 Å². The number of benzene rings is 2. The smallest absolute Gasteiger partial charge is 0.136 e. The average Bonchev–Trinajstić information content (AvgIpc) is 2.57. The summed E-state index contributed by atoms with van der Waals surface area (Å²) in [4.78, 5) is 1.52. The Morgan fingerprint density at radius 2 is 1.52 bits per heavy atom. The number of hydrogen-bond donors (Lipinski definition) is 0. The molecule has 5 heteroatoms. The van der Waals surface area contributed by atoms with Gasteiger partial charge in [-0.3, -0.25) is 0 Å². The summed E-state index contributed by atoms with van der Waals surface area (Å²) in [7, 11) is 0. The predicted octanol–water partition coefficient (Wildman–Crippen LogP) is 4.38. The van der Waals surface area contributed by atoms with E-state index in [2.05, 4.69) is 12.1 Å². The van der Waals surface area contributed by atoms with Crippen LogP contribution in [0.25, 0.3) is 0 Å². The van der Waals surface area contributed by atoms with E-state index in [4.69, 9.17) is 14.7 Å². The maximum absolute atomic E-state index is 9.38. The predicted molar refractivity (Wildman–Crippen MR) is 88.8 cm³/mol. The van der Waals surface area contributed by atoms with Crippen molar-refractivity contribution >= 4 is 11.8 Å². The molecule has 0 atom stereocenters. The summed E-state index contributed by atoms with van der Waals surface area (Å²) in [6.07, 6.45) is 0. The molecule has 0 saturated heterocycles. The second-order valence-corrected chi connectivity index (χ2v) is 5.51. The Hall–Kier alpha value is -2.63. The molecule has 0 fully saturated rings.